The third kappa shape index (κ3) is 3.31. The minimum Gasteiger partial charge on any atom is -0.480 e. The topological polar surface area (TPSA) is 62.2 Å². The van der Waals surface area contributed by atoms with Crippen LogP contribution < -0.4 is 5.32 Å². The van der Waals surface area contributed by atoms with Gasteiger partial charge in [0.05, 0.1) is 0 Å². The van der Waals surface area contributed by atoms with E-state index in [1.165, 1.54) is 0 Å². The van der Waals surface area contributed by atoms with Gasteiger partial charge >= 0.3 is 5.97 Å². The molecule has 0 bridgehead atoms. The Bertz CT molecular complexity index is 338. The molecule has 0 aliphatic rings. The monoisotopic (exact) mass is 222 g/mol. The number of carboxylic acids is 1. The van der Waals surface area contributed by atoms with Crippen molar-refractivity contribution in [2.45, 2.75) is 32.9 Å². The molecule has 0 fully saturated rings. The van der Waals surface area contributed by atoms with Crippen molar-refractivity contribution in [3.8, 4) is 0 Å². The minimum atomic E-state index is -0.809. The van der Waals surface area contributed by atoms with Gasteiger partial charge in [-0.3, -0.25) is 15.1 Å². The molecule has 4 heteroatoms. The molecule has 1 aromatic rings. The van der Waals surface area contributed by atoms with E-state index in [0.717, 1.165) is 5.56 Å². The summed E-state index contributed by atoms with van der Waals surface area (Å²) in [5, 5.41) is 12.2. The number of nitrogens with zero attached hydrogens (tertiary/aromatic N) is 1. The summed E-state index contributed by atoms with van der Waals surface area (Å²) in [5.41, 5.74) is 1.04. The number of aromatic nitrogens is 1. The first kappa shape index (κ1) is 12.6. The highest BCUT2D eigenvalue weighted by molar-refractivity contribution is 5.73. The summed E-state index contributed by atoms with van der Waals surface area (Å²) < 4.78 is 0. The van der Waals surface area contributed by atoms with E-state index in [2.05, 4.69) is 10.3 Å². The maximum atomic E-state index is 11.0. The Balaban J connectivity index is 2.69. The number of aliphatic carboxylic acids is 1. The average molecular weight is 222 g/mol. The number of pyridine rings is 1. The predicted octanol–water partition coefficient (Wildman–Crippen LogP) is 1.84. The number of nitrogens with one attached hydrogen (secondary N) is 1. The molecule has 0 saturated carbocycles. The van der Waals surface area contributed by atoms with Crippen LogP contribution in [0.15, 0.2) is 24.5 Å². The minimum absolute atomic E-state index is 0.00602. The van der Waals surface area contributed by atoms with Crippen LogP contribution in [0.25, 0.3) is 0 Å². The fraction of sp³-hybridized carbons (Fsp3) is 0.500. The number of carboxylic acid groups (broad SMARTS) is 1. The Labute approximate surface area is 95.7 Å². The van der Waals surface area contributed by atoms with Gasteiger partial charge in [-0.15, -0.1) is 0 Å². The number of hydrogen-bond acceptors (Lipinski definition) is 3. The quantitative estimate of drug-likeness (QED) is 0.798. The Morgan fingerprint density at radius 3 is 2.31 bits per heavy atom. The molecule has 0 aliphatic carbocycles. The number of rotatable bonds is 5. The average Bonchev–Trinajstić information content (AvgIpc) is 2.25. The van der Waals surface area contributed by atoms with E-state index < -0.39 is 12.0 Å². The summed E-state index contributed by atoms with van der Waals surface area (Å²) in [4.78, 5) is 15.0. The summed E-state index contributed by atoms with van der Waals surface area (Å²) in [6.07, 6.45) is 3.41. The molecule has 2 N–H and O–H groups in total. The third-order valence-corrected chi connectivity index (χ3v) is 2.57. The predicted molar refractivity (Wildman–Crippen MR) is 62.0 cm³/mol. The van der Waals surface area contributed by atoms with Crippen molar-refractivity contribution in [2.75, 3.05) is 0 Å². The first-order valence-corrected chi connectivity index (χ1v) is 5.41. The van der Waals surface area contributed by atoms with Crippen molar-refractivity contribution in [1.82, 2.24) is 10.3 Å². The van der Waals surface area contributed by atoms with E-state index in [4.69, 9.17) is 5.11 Å². The van der Waals surface area contributed by atoms with Gasteiger partial charge in [0, 0.05) is 18.4 Å². The lowest BCUT2D eigenvalue weighted by molar-refractivity contribution is -0.140. The van der Waals surface area contributed by atoms with Crippen LogP contribution in [-0.2, 0) is 4.79 Å². The normalized spacial score (nSPS) is 14.8. The Morgan fingerprint density at radius 1 is 1.31 bits per heavy atom. The molecule has 0 aliphatic heterocycles. The van der Waals surface area contributed by atoms with Crippen LogP contribution in [0.1, 0.15) is 32.4 Å². The van der Waals surface area contributed by atoms with Crippen molar-refractivity contribution >= 4 is 5.97 Å². The van der Waals surface area contributed by atoms with Crippen molar-refractivity contribution in [1.29, 1.82) is 0 Å². The molecule has 0 spiro atoms. The van der Waals surface area contributed by atoms with Crippen molar-refractivity contribution in [3.63, 3.8) is 0 Å². The van der Waals surface area contributed by atoms with E-state index in [1.807, 2.05) is 32.9 Å². The fourth-order valence-corrected chi connectivity index (χ4v) is 1.57. The molecule has 0 radical (unpaired) electrons. The van der Waals surface area contributed by atoms with Crippen LogP contribution in [0, 0.1) is 5.92 Å². The van der Waals surface area contributed by atoms with Crippen LogP contribution in [0.2, 0.25) is 0 Å². The molecular weight excluding hydrogens is 204 g/mol. The van der Waals surface area contributed by atoms with Gasteiger partial charge in [-0.05, 0) is 30.5 Å². The summed E-state index contributed by atoms with van der Waals surface area (Å²) in [5.74, 6) is -0.752. The molecule has 2 atom stereocenters. The molecular formula is C12H18N2O2. The zero-order chi connectivity index (χ0) is 12.1. The highest BCUT2D eigenvalue weighted by atomic mass is 16.4. The first-order valence-electron chi connectivity index (χ1n) is 5.41. The lowest BCUT2D eigenvalue weighted by Crippen LogP contribution is -2.42. The van der Waals surface area contributed by atoms with E-state index in [9.17, 15) is 4.79 Å². The van der Waals surface area contributed by atoms with E-state index >= 15 is 0 Å². The van der Waals surface area contributed by atoms with E-state index in [-0.39, 0.29) is 12.0 Å². The Hall–Kier alpha value is -1.42. The summed E-state index contributed by atoms with van der Waals surface area (Å²) >= 11 is 0. The van der Waals surface area contributed by atoms with Gasteiger partial charge in [0.1, 0.15) is 6.04 Å². The second-order valence-corrected chi connectivity index (χ2v) is 4.23. The van der Waals surface area contributed by atoms with Gasteiger partial charge in [-0.2, -0.15) is 0 Å². The maximum Gasteiger partial charge on any atom is 0.320 e. The second-order valence-electron chi connectivity index (χ2n) is 4.23. The molecule has 1 unspecified atom stereocenters. The largest absolute Gasteiger partial charge is 0.480 e. The van der Waals surface area contributed by atoms with Crippen LogP contribution in [-0.4, -0.2) is 22.1 Å². The molecule has 1 rings (SSSR count). The van der Waals surface area contributed by atoms with Crippen LogP contribution in [0.4, 0.5) is 0 Å². The summed E-state index contributed by atoms with van der Waals surface area (Å²) in [6.45, 7) is 5.74. The highest BCUT2D eigenvalue weighted by Crippen LogP contribution is 2.13. The first-order chi connectivity index (χ1) is 7.52. The van der Waals surface area contributed by atoms with Gasteiger partial charge in [-0.25, -0.2) is 0 Å². The highest BCUT2D eigenvalue weighted by Gasteiger charge is 2.23. The molecule has 1 heterocycles. The van der Waals surface area contributed by atoms with Gasteiger partial charge in [0.2, 0.25) is 0 Å². The standard InChI is InChI=1S/C12H18N2O2/c1-8(2)11(12(15)16)14-9(3)10-4-6-13-7-5-10/h4-9,11,14H,1-3H3,(H,15,16)/t9-,11?/m0/s1. The van der Waals surface area contributed by atoms with Crippen LogP contribution in [0.5, 0.6) is 0 Å². The van der Waals surface area contributed by atoms with Crippen molar-refractivity contribution in [2.24, 2.45) is 5.92 Å². The molecule has 16 heavy (non-hydrogen) atoms. The second kappa shape index (κ2) is 5.61. The molecule has 88 valence electrons. The van der Waals surface area contributed by atoms with Gasteiger partial charge in [0.25, 0.3) is 0 Å². The zero-order valence-corrected chi connectivity index (χ0v) is 9.84. The van der Waals surface area contributed by atoms with Gasteiger partial charge < -0.3 is 5.11 Å². The third-order valence-electron chi connectivity index (χ3n) is 2.57. The summed E-state index contributed by atoms with van der Waals surface area (Å²) in [7, 11) is 0. The lowest BCUT2D eigenvalue weighted by atomic mass is 10.0. The lowest BCUT2D eigenvalue weighted by Gasteiger charge is -2.23. The maximum absolute atomic E-state index is 11.0. The van der Waals surface area contributed by atoms with Crippen LogP contribution in [0.3, 0.4) is 0 Å². The van der Waals surface area contributed by atoms with E-state index in [1.54, 1.807) is 12.4 Å². The smallest absolute Gasteiger partial charge is 0.320 e. The number of carbonyl (C=O) groups is 1. The Kier molecular flexibility index (Phi) is 4.43. The molecule has 0 aromatic carbocycles. The molecule has 0 amide bonds. The van der Waals surface area contributed by atoms with Crippen LogP contribution >= 0.6 is 0 Å². The van der Waals surface area contributed by atoms with Crippen molar-refractivity contribution in [3.05, 3.63) is 30.1 Å². The van der Waals surface area contributed by atoms with E-state index in [0.29, 0.717) is 0 Å². The molecule has 4 nitrogen and oxygen atoms in total. The van der Waals surface area contributed by atoms with Gasteiger partial charge in [0.15, 0.2) is 0 Å². The SMILES string of the molecule is CC(C)C(N[C@@H](C)c1ccncc1)C(=O)O. The Morgan fingerprint density at radius 2 is 1.88 bits per heavy atom. The molecule has 0 saturated heterocycles. The summed E-state index contributed by atoms with van der Waals surface area (Å²) in [6, 6.07) is 3.25. The molecule has 1 aromatic heterocycles. The van der Waals surface area contributed by atoms with Gasteiger partial charge in [-0.1, -0.05) is 13.8 Å². The fourth-order valence-electron chi connectivity index (χ4n) is 1.57. The van der Waals surface area contributed by atoms with Crippen molar-refractivity contribution < 1.29 is 9.90 Å². The zero-order valence-electron chi connectivity index (χ0n) is 9.84. The number of hydrogen-bond donors (Lipinski definition) is 2.